The summed E-state index contributed by atoms with van der Waals surface area (Å²) >= 11 is 0. The molecular weight excluding hydrogens is 240 g/mol. The van der Waals surface area contributed by atoms with Crippen molar-refractivity contribution in [2.75, 3.05) is 44.3 Å². The number of anilines is 2. The lowest BCUT2D eigenvalue weighted by Crippen LogP contribution is -2.19. The maximum Gasteiger partial charge on any atom is 0.239 e. The maximum atomic E-state index is 5.84. The maximum absolute atomic E-state index is 5.84. The van der Waals surface area contributed by atoms with Crippen molar-refractivity contribution in [1.29, 1.82) is 0 Å². The first-order valence-corrected chi connectivity index (χ1v) is 7.00. The van der Waals surface area contributed by atoms with Gasteiger partial charge in [-0.05, 0) is 44.5 Å². The van der Waals surface area contributed by atoms with Gasteiger partial charge in [0.15, 0.2) is 0 Å². The monoisotopic (exact) mass is 264 g/mol. The highest BCUT2D eigenvalue weighted by Crippen LogP contribution is 2.22. The molecule has 1 atom stereocenters. The van der Waals surface area contributed by atoms with E-state index in [9.17, 15) is 0 Å². The van der Waals surface area contributed by atoms with Gasteiger partial charge in [0, 0.05) is 13.1 Å². The molecule has 0 aliphatic carbocycles. The van der Waals surface area contributed by atoms with Crippen molar-refractivity contribution in [3.05, 3.63) is 12.1 Å². The molecule has 0 aromatic carbocycles. The molecule has 0 saturated carbocycles. The fraction of sp³-hybridized carbons (Fsp3) is 0.643. The Morgan fingerprint density at radius 2 is 2.37 bits per heavy atom. The molecule has 3 N–H and O–H groups in total. The Hall–Kier alpha value is -1.49. The van der Waals surface area contributed by atoms with E-state index in [2.05, 4.69) is 29.2 Å². The molecule has 1 unspecified atom stereocenters. The van der Waals surface area contributed by atoms with Gasteiger partial charge < -0.3 is 20.7 Å². The molecule has 1 aromatic heterocycles. The summed E-state index contributed by atoms with van der Waals surface area (Å²) in [7, 11) is 2.16. The standard InChI is InChI=1S/C14H24N4O/c1-3-8-19-14-12(15)4-5-13(17-14)16-9-11-6-7-18(2)10-11/h4-5,11H,3,6-10,15H2,1-2H3,(H,16,17). The Balaban J connectivity index is 1.89. The zero-order valence-electron chi connectivity index (χ0n) is 11.9. The third-order valence-corrected chi connectivity index (χ3v) is 3.39. The molecule has 1 aromatic rings. The van der Waals surface area contributed by atoms with E-state index in [1.165, 1.54) is 13.0 Å². The van der Waals surface area contributed by atoms with Gasteiger partial charge in [-0.15, -0.1) is 0 Å². The highest BCUT2D eigenvalue weighted by Gasteiger charge is 2.19. The van der Waals surface area contributed by atoms with Crippen LogP contribution in [-0.2, 0) is 0 Å². The average molecular weight is 264 g/mol. The zero-order chi connectivity index (χ0) is 13.7. The van der Waals surface area contributed by atoms with Crippen molar-refractivity contribution in [2.45, 2.75) is 19.8 Å². The lowest BCUT2D eigenvalue weighted by molar-refractivity contribution is 0.307. The summed E-state index contributed by atoms with van der Waals surface area (Å²) in [6, 6.07) is 3.76. The van der Waals surface area contributed by atoms with Gasteiger partial charge in [-0.25, -0.2) is 0 Å². The molecule has 1 aliphatic rings. The fourth-order valence-electron chi connectivity index (χ4n) is 2.31. The Bertz CT molecular complexity index is 410. The second kappa shape index (κ2) is 6.61. The van der Waals surface area contributed by atoms with Crippen molar-refractivity contribution in [3.8, 4) is 5.88 Å². The minimum Gasteiger partial charge on any atom is -0.476 e. The summed E-state index contributed by atoms with van der Waals surface area (Å²) in [5.41, 5.74) is 6.44. The zero-order valence-corrected chi connectivity index (χ0v) is 11.9. The molecule has 5 heteroatoms. The van der Waals surface area contributed by atoms with Crippen molar-refractivity contribution < 1.29 is 4.74 Å². The molecule has 0 radical (unpaired) electrons. The summed E-state index contributed by atoms with van der Waals surface area (Å²) in [6.07, 6.45) is 2.20. The molecule has 1 saturated heterocycles. The molecule has 1 fully saturated rings. The number of nitrogens with zero attached hydrogens (tertiary/aromatic N) is 2. The summed E-state index contributed by atoms with van der Waals surface area (Å²) in [5.74, 6) is 2.08. The quantitative estimate of drug-likeness (QED) is 0.820. The Morgan fingerprint density at radius 3 is 3.05 bits per heavy atom. The van der Waals surface area contributed by atoms with Crippen LogP contribution in [0.5, 0.6) is 5.88 Å². The SMILES string of the molecule is CCCOc1nc(NCC2CCN(C)C2)ccc1N. The summed E-state index contributed by atoms with van der Waals surface area (Å²) in [6.45, 7) is 6.00. The van der Waals surface area contributed by atoms with Crippen LogP contribution in [0.2, 0.25) is 0 Å². The lowest BCUT2D eigenvalue weighted by Gasteiger charge is -2.13. The van der Waals surface area contributed by atoms with E-state index in [-0.39, 0.29) is 0 Å². The van der Waals surface area contributed by atoms with E-state index in [4.69, 9.17) is 10.5 Å². The molecular formula is C14H24N4O. The molecule has 5 nitrogen and oxygen atoms in total. The largest absolute Gasteiger partial charge is 0.476 e. The minimum atomic E-state index is 0.537. The van der Waals surface area contributed by atoms with Crippen LogP contribution < -0.4 is 15.8 Å². The Kier molecular flexibility index (Phi) is 4.85. The van der Waals surface area contributed by atoms with Gasteiger partial charge >= 0.3 is 0 Å². The van der Waals surface area contributed by atoms with Crippen LogP contribution in [0, 0.1) is 5.92 Å². The fourth-order valence-corrected chi connectivity index (χ4v) is 2.31. The van der Waals surface area contributed by atoms with Crippen LogP contribution in [0.3, 0.4) is 0 Å². The first-order valence-electron chi connectivity index (χ1n) is 7.00. The second-order valence-corrected chi connectivity index (χ2v) is 5.24. The van der Waals surface area contributed by atoms with Gasteiger partial charge in [-0.3, -0.25) is 0 Å². The number of hydrogen-bond donors (Lipinski definition) is 2. The molecule has 106 valence electrons. The Morgan fingerprint density at radius 1 is 1.53 bits per heavy atom. The number of nitrogens with one attached hydrogen (secondary N) is 1. The Labute approximate surface area is 115 Å². The van der Waals surface area contributed by atoms with E-state index < -0.39 is 0 Å². The molecule has 19 heavy (non-hydrogen) atoms. The molecule has 1 aliphatic heterocycles. The first-order chi connectivity index (χ1) is 9.19. The van der Waals surface area contributed by atoms with Crippen LogP contribution >= 0.6 is 0 Å². The summed E-state index contributed by atoms with van der Waals surface area (Å²) < 4.78 is 5.53. The third kappa shape index (κ3) is 3.99. The predicted octanol–water partition coefficient (Wildman–Crippen LogP) is 1.82. The van der Waals surface area contributed by atoms with Crippen molar-refractivity contribution in [2.24, 2.45) is 5.92 Å². The van der Waals surface area contributed by atoms with Crippen LogP contribution in [0.4, 0.5) is 11.5 Å². The smallest absolute Gasteiger partial charge is 0.239 e. The van der Waals surface area contributed by atoms with Crippen LogP contribution in [0.1, 0.15) is 19.8 Å². The molecule has 2 rings (SSSR count). The summed E-state index contributed by atoms with van der Waals surface area (Å²) in [5, 5.41) is 3.38. The van der Waals surface area contributed by atoms with E-state index in [0.29, 0.717) is 24.1 Å². The summed E-state index contributed by atoms with van der Waals surface area (Å²) in [4.78, 5) is 6.78. The second-order valence-electron chi connectivity index (χ2n) is 5.24. The van der Waals surface area contributed by atoms with Gasteiger partial charge in [-0.1, -0.05) is 6.92 Å². The number of nitrogen functional groups attached to an aromatic ring is 1. The van der Waals surface area contributed by atoms with E-state index in [1.54, 1.807) is 0 Å². The lowest BCUT2D eigenvalue weighted by atomic mass is 10.1. The highest BCUT2D eigenvalue weighted by molar-refractivity contribution is 5.53. The van der Waals surface area contributed by atoms with Crippen molar-refractivity contribution in [1.82, 2.24) is 9.88 Å². The van der Waals surface area contributed by atoms with E-state index >= 15 is 0 Å². The molecule has 2 heterocycles. The van der Waals surface area contributed by atoms with Crippen LogP contribution in [0.25, 0.3) is 0 Å². The number of pyridine rings is 1. The number of aromatic nitrogens is 1. The minimum absolute atomic E-state index is 0.537. The van der Waals surface area contributed by atoms with Gasteiger partial charge in [0.25, 0.3) is 0 Å². The highest BCUT2D eigenvalue weighted by atomic mass is 16.5. The number of likely N-dealkylation sites (tertiary alicyclic amines) is 1. The normalized spacial score (nSPS) is 19.6. The number of hydrogen-bond acceptors (Lipinski definition) is 5. The number of ether oxygens (including phenoxy) is 1. The number of rotatable bonds is 6. The van der Waals surface area contributed by atoms with Gasteiger partial charge in [0.1, 0.15) is 5.82 Å². The van der Waals surface area contributed by atoms with Crippen molar-refractivity contribution >= 4 is 11.5 Å². The van der Waals surface area contributed by atoms with Crippen molar-refractivity contribution in [3.63, 3.8) is 0 Å². The van der Waals surface area contributed by atoms with Gasteiger partial charge in [0.2, 0.25) is 5.88 Å². The third-order valence-electron chi connectivity index (χ3n) is 3.39. The predicted molar refractivity (Wildman–Crippen MR) is 78.5 cm³/mol. The molecule has 0 bridgehead atoms. The number of nitrogens with two attached hydrogens (primary N) is 1. The van der Waals surface area contributed by atoms with E-state index in [1.807, 2.05) is 12.1 Å². The van der Waals surface area contributed by atoms with Crippen LogP contribution in [-0.4, -0.2) is 43.2 Å². The average Bonchev–Trinajstić information content (AvgIpc) is 2.82. The first kappa shape index (κ1) is 13.9. The molecule has 0 spiro atoms. The molecule has 0 amide bonds. The van der Waals surface area contributed by atoms with E-state index in [0.717, 1.165) is 25.3 Å². The van der Waals surface area contributed by atoms with Gasteiger partial charge in [0.05, 0.1) is 12.3 Å². The van der Waals surface area contributed by atoms with Gasteiger partial charge in [-0.2, -0.15) is 4.98 Å². The van der Waals surface area contributed by atoms with Crippen LogP contribution in [0.15, 0.2) is 12.1 Å². The topological polar surface area (TPSA) is 63.4 Å².